The summed E-state index contributed by atoms with van der Waals surface area (Å²) in [6.07, 6.45) is 6.74. The van der Waals surface area contributed by atoms with Crippen LogP contribution < -0.4 is 4.90 Å². The number of amides is 2. The molecular weight excluding hydrogens is 554 g/mol. The van der Waals surface area contributed by atoms with Crippen LogP contribution in [0.1, 0.15) is 84.0 Å². The van der Waals surface area contributed by atoms with Crippen LogP contribution in [0.2, 0.25) is 0 Å². The van der Waals surface area contributed by atoms with E-state index in [1.165, 1.54) is 24.2 Å². The van der Waals surface area contributed by atoms with E-state index in [0.717, 1.165) is 41.5 Å². The summed E-state index contributed by atoms with van der Waals surface area (Å²) in [7, 11) is 0. The molecule has 0 spiro atoms. The van der Waals surface area contributed by atoms with Crippen molar-refractivity contribution in [3.05, 3.63) is 101 Å². The van der Waals surface area contributed by atoms with Crippen molar-refractivity contribution in [2.24, 2.45) is 11.8 Å². The molecule has 2 amide bonds. The number of nitrogens with zero attached hydrogens (tertiary/aromatic N) is 1. The largest absolute Gasteiger partial charge is 0.462 e. The Morgan fingerprint density at radius 2 is 1.41 bits per heavy atom. The van der Waals surface area contributed by atoms with Gasteiger partial charge in [-0.2, -0.15) is 0 Å². The highest BCUT2D eigenvalue weighted by atomic mass is 79.9. The van der Waals surface area contributed by atoms with Crippen molar-refractivity contribution < 1.29 is 19.1 Å². The van der Waals surface area contributed by atoms with Crippen LogP contribution in [0.15, 0.2) is 72.8 Å². The minimum Gasteiger partial charge on any atom is -0.462 e. The van der Waals surface area contributed by atoms with Gasteiger partial charge in [-0.25, -0.2) is 9.69 Å². The first-order chi connectivity index (χ1) is 19.0. The summed E-state index contributed by atoms with van der Waals surface area (Å²) in [6, 6.07) is 22.9. The SMILES string of the molecule is CCCCCCCCOC(=O)c1ccc(N2C(=O)[C@@H]3[C@@H](C2=O)C2c4ccccc4C3(Br)c3ccccc32)cc1. The molecule has 200 valence electrons. The van der Waals surface area contributed by atoms with Gasteiger partial charge < -0.3 is 4.74 Å². The lowest BCUT2D eigenvalue weighted by molar-refractivity contribution is -0.122. The molecule has 6 heteroatoms. The predicted octanol–water partition coefficient (Wildman–Crippen LogP) is 7.11. The molecule has 1 saturated heterocycles. The summed E-state index contributed by atoms with van der Waals surface area (Å²) in [5, 5.41) is 0. The highest BCUT2D eigenvalue weighted by Gasteiger charge is 2.67. The number of carbonyl (C=O) groups excluding carboxylic acids is 3. The third-order valence-corrected chi connectivity index (χ3v) is 9.95. The number of anilines is 1. The zero-order chi connectivity index (χ0) is 27.1. The van der Waals surface area contributed by atoms with E-state index < -0.39 is 16.2 Å². The Bertz CT molecular complexity index is 1380. The molecule has 2 bridgehead atoms. The fourth-order valence-corrected chi connectivity index (χ4v) is 8.01. The molecule has 0 saturated carbocycles. The van der Waals surface area contributed by atoms with Crippen LogP contribution in [-0.2, 0) is 18.7 Å². The van der Waals surface area contributed by atoms with Crippen molar-refractivity contribution in [2.75, 3.05) is 11.5 Å². The Kier molecular flexibility index (Phi) is 6.92. The van der Waals surface area contributed by atoms with Crippen molar-refractivity contribution in [1.82, 2.24) is 0 Å². The molecule has 3 aromatic rings. The maximum atomic E-state index is 14.0. The number of rotatable bonds is 9. The third-order valence-electron chi connectivity index (χ3n) is 8.61. The Balaban J connectivity index is 1.23. The van der Waals surface area contributed by atoms with Crippen LogP contribution in [0.5, 0.6) is 0 Å². The number of carbonyl (C=O) groups is 3. The Labute approximate surface area is 237 Å². The van der Waals surface area contributed by atoms with E-state index in [4.69, 9.17) is 4.74 Å². The van der Waals surface area contributed by atoms with E-state index >= 15 is 0 Å². The monoisotopic (exact) mass is 585 g/mol. The lowest BCUT2D eigenvalue weighted by atomic mass is 9.55. The Morgan fingerprint density at radius 3 is 2.05 bits per heavy atom. The molecule has 0 N–H and O–H groups in total. The number of halogens is 1. The van der Waals surface area contributed by atoms with Crippen molar-refractivity contribution in [1.29, 1.82) is 0 Å². The van der Waals surface area contributed by atoms with Crippen LogP contribution in [0.25, 0.3) is 0 Å². The van der Waals surface area contributed by atoms with Crippen molar-refractivity contribution in [3.63, 3.8) is 0 Å². The first-order valence-corrected chi connectivity index (χ1v) is 14.8. The first kappa shape index (κ1) is 26.0. The van der Waals surface area contributed by atoms with Gasteiger partial charge in [0.25, 0.3) is 0 Å². The van der Waals surface area contributed by atoms with Crippen LogP contribution >= 0.6 is 15.9 Å². The summed E-state index contributed by atoms with van der Waals surface area (Å²) in [5.41, 5.74) is 5.21. The number of hydrogen-bond donors (Lipinski definition) is 0. The van der Waals surface area contributed by atoms with Gasteiger partial charge in [0.2, 0.25) is 11.8 Å². The molecule has 3 aliphatic carbocycles. The molecule has 0 aromatic heterocycles. The summed E-state index contributed by atoms with van der Waals surface area (Å²) in [5.74, 6) is -2.02. The maximum Gasteiger partial charge on any atom is 0.338 e. The minimum atomic E-state index is -0.776. The fourth-order valence-electron chi connectivity index (χ4n) is 6.81. The number of alkyl halides is 1. The normalized spacial score (nSPS) is 24.4. The van der Waals surface area contributed by atoms with Crippen LogP contribution in [-0.4, -0.2) is 24.4 Å². The average Bonchev–Trinajstić information content (AvgIpc) is 3.23. The maximum absolute atomic E-state index is 14.0. The summed E-state index contributed by atoms with van der Waals surface area (Å²) < 4.78 is 4.67. The van der Waals surface area contributed by atoms with E-state index in [1.807, 2.05) is 24.3 Å². The van der Waals surface area contributed by atoms with Crippen molar-refractivity contribution in [2.45, 2.75) is 55.7 Å². The second-order valence-corrected chi connectivity index (χ2v) is 12.1. The molecular formula is C33H32BrNO4. The van der Waals surface area contributed by atoms with E-state index in [0.29, 0.717) is 17.9 Å². The fraction of sp³-hybridized carbons (Fsp3) is 0.364. The zero-order valence-electron chi connectivity index (χ0n) is 22.1. The second-order valence-electron chi connectivity index (χ2n) is 10.8. The molecule has 39 heavy (non-hydrogen) atoms. The predicted molar refractivity (Wildman–Crippen MR) is 154 cm³/mol. The highest BCUT2D eigenvalue weighted by Crippen LogP contribution is 2.66. The number of imide groups is 1. The molecule has 2 atom stereocenters. The first-order valence-electron chi connectivity index (χ1n) is 14.0. The van der Waals surface area contributed by atoms with Gasteiger partial charge in [-0.15, -0.1) is 0 Å². The highest BCUT2D eigenvalue weighted by molar-refractivity contribution is 9.09. The molecule has 0 radical (unpaired) electrons. The van der Waals surface area contributed by atoms with Gasteiger partial charge in [0.1, 0.15) is 0 Å². The summed E-state index contributed by atoms with van der Waals surface area (Å²) in [4.78, 5) is 41.9. The number of unbranched alkanes of at least 4 members (excludes halogenated alkanes) is 5. The van der Waals surface area contributed by atoms with Crippen LogP contribution in [0.3, 0.4) is 0 Å². The smallest absolute Gasteiger partial charge is 0.338 e. The molecule has 0 unspecified atom stereocenters. The molecule has 1 aliphatic heterocycles. The lowest BCUT2D eigenvalue weighted by Crippen LogP contribution is -2.50. The van der Waals surface area contributed by atoms with Crippen LogP contribution in [0.4, 0.5) is 5.69 Å². The molecule has 4 aliphatic rings. The van der Waals surface area contributed by atoms with Gasteiger partial charge in [-0.1, -0.05) is 103 Å². The Morgan fingerprint density at radius 1 is 0.821 bits per heavy atom. The Hall–Kier alpha value is -3.25. The molecule has 7 rings (SSSR count). The standard InChI is InChI=1S/C33H32BrNO4/c1-2-3-4-5-6-11-20-39-32(38)21-16-18-22(19-17-21)35-30(36)28-27-23-12-7-9-14-25(23)33(34,29(28)31(35)37)26-15-10-8-13-24(26)27/h7-10,12-19,27-29H,2-6,11,20H2,1H3/t27?,28-,29-,33?/m0/s1. The minimum absolute atomic E-state index is 0.181. The van der Waals surface area contributed by atoms with E-state index in [2.05, 4.69) is 47.1 Å². The second kappa shape index (κ2) is 10.4. The molecule has 1 fully saturated rings. The topological polar surface area (TPSA) is 63.7 Å². The van der Waals surface area contributed by atoms with E-state index in [9.17, 15) is 14.4 Å². The van der Waals surface area contributed by atoms with Gasteiger partial charge >= 0.3 is 5.97 Å². The van der Waals surface area contributed by atoms with Crippen molar-refractivity contribution >= 4 is 39.4 Å². The summed E-state index contributed by atoms with van der Waals surface area (Å²) in [6.45, 7) is 2.59. The lowest BCUT2D eigenvalue weighted by Gasteiger charge is -2.51. The van der Waals surface area contributed by atoms with Gasteiger partial charge in [-0.05, 0) is 52.9 Å². The van der Waals surface area contributed by atoms with Crippen molar-refractivity contribution in [3.8, 4) is 0 Å². The number of esters is 1. The average molecular weight is 587 g/mol. The van der Waals surface area contributed by atoms with Gasteiger partial charge in [-0.3, -0.25) is 9.59 Å². The molecule has 3 aromatic carbocycles. The van der Waals surface area contributed by atoms with Gasteiger partial charge in [0.05, 0.1) is 34.0 Å². The number of hydrogen-bond acceptors (Lipinski definition) is 4. The van der Waals surface area contributed by atoms with E-state index in [1.54, 1.807) is 24.3 Å². The van der Waals surface area contributed by atoms with Gasteiger partial charge in [0, 0.05) is 5.92 Å². The number of benzene rings is 3. The van der Waals surface area contributed by atoms with Crippen LogP contribution in [0, 0.1) is 11.8 Å². The number of ether oxygens (including phenoxy) is 1. The van der Waals surface area contributed by atoms with E-state index in [-0.39, 0.29) is 23.7 Å². The quantitative estimate of drug-likeness (QED) is 0.116. The van der Waals surface area contributed by atoms with Gasteiger partial charge in [0.15, 0.2) is 0 Å². The molecule has 1 heterocycles. The third kappa shape index (κ3) is 4.07. The summed E-state index contributed by atoms with van der Waals surface area (Å²) >= 11 is 4.02. The molecule has 5 nitrogen and oxygen atoms in total. The zero-order valence-corrected chi connectivity index (χ0v) is 23.7.